The van der Waals surface area contributed by atoms with Crippen LogP contribution >= 0.6 is 24.6 Å². The molecule has 0 saturated carbocycles. The van der Waals surface area contributed by atoms with Gasteiger partial charge in [0, 0.05) is 6.16 Å². The molecular formula is C2H5F5N3P3. The third kappa shape index (κ3) is 2.02. The highest BCUT2D eigenvalue weighted by Gasteiger charge is 2.48. The monoisotopic (exact) mass is 259 g/mol. The largest absolute Gasteiger partial charge is 0.322 e. The normalized spacial score (nSPS) is 43.2. The third-order valence-electron chi connectivity index (χ3n) is 1.27. The molecule has 0 aromatic rings. The van der Waals surface area contributed by atoms with Crippen molar-refractivity contribution in [1.29, 1.82) is 0 Å². The van der Waals surface area contributed by atoms with Gasteiger partial charge in [0.2, 0.25) is 7.52 Å². The number of hydrogen-bond donors (Lipinski definition) is 0. The zero-order valence-electron chi connectivity index (χ0n) is 6.28. The van der Waals surface area contributed by atoms with Gasteiger partial charge in [-0.3, -0.25) is 0 Å². The summed E-state index contributed by atoms with van der Waals surface area (Å²) < 4.78 is 64.0. The molecule has 1 aliphatic heterocycles. The van der Waals surface area contributed by atoms with Crippen LogP contribution in [0.5, 0.6) is 0 Å². The molecule has 0 N–H and O–H groups in total. The Morgan fingerprint density at radius 1 is 1.38 bits per heavy atom. The Labute approximate surface area is 74.0 Å². The van der Waals surface area contributed by atoms with E-state index in [0.29, 0.717) is 0 Å². The molecule has 0 aromatic heterocycles. The average molecular weight is 259 g/mol. The van der Waals surface area contributed by atoms with Crippen molar-refractivity contribution in [3.8, 4) is 0 Å². The summed E-state index contributed by atoms with van der Waals surface area (Å²) in [6.45, 7) is 1.20. The summed E-state index contributed by atoms with van der Waals surface area (Å²) in [5.41, 5.74) is 0. The highest BCUT2D eigenvalue weighted by atomic mass is 31.3. The SMILES string of the molecule is CCP1(F)=NP(F)N(F)P(F)N1F. The first-order valence-corrected chi connectivity index (χ1v) is 7.12. The highest BCUT2D eigenvalue weighted by Crippen LogP contribution is 2.79. The average Bonchev–Trinajstić information content (AvgIpc) is 2.12. The Balaban J connectivity index is 3.04. The summed E-state index contributed by atoms with van der Waals surface area (Å²) in [6.07, 6.45) is -0.469. The van der Waals surface area contributed by atoms with Gasteiger partial charge in [-0.2, -0.15) is 17.1 Å². The first kappa shape index (κ1) is 11.7. The Hall–Kier alpha value is 0.660. The molecule has 0 radical (unpaired) electrons. The van der Waals surface area contributed by atoms with Crippen LogP contribution in [0.4, 0.5) is 21.6 Å². The molecule has 78 valence electrons. The van der Waals surface area contributed by atoms with Crippen molar-refractivity contribution in [3.05, 3.63) is 0 Å². The zero-order chi connectivity index (χ0) is 10.2. The van der Waals surface area contributed by atoms with Crippen LogP contribution in [-0.4, -0.2) is 15.5 Å². The van der Waals surface area contributed by atoms with E-state index in [-0.39, 0.29) is 0 Å². The van der Waals surface area contributed by atoms with Crippen LogP contribution in [0.15, 0.2) is 4.52 Å². The number of halogens is 5. The quantitative estimate of drug-likeness (QED) is 0.383. The molecule has 0 fully saturated rings. The number of hydrogen-bond acceptors (Lipinski definition) is 3. The first-order chi connectivity index (χ1) is 5.92. The van der Waals surface area contributed by atoms with Gasteiger partial charge in [-0.25, -0.2) is 0 Å². The summed E-state index contributed by atoms with van der Waals surface area (Å²) in [4.78, 5) is 0. The Morgan fingerprint density at radius 2 is 1.92 bits per heavy atom. The van der Waals surface area contributed by atoms with Crippen molar-refractivity contribution in [2.45, 2.75) is 6.92 Å². The molecule has 0 saturated heterocycles. The summed E-state index contributed by atoms with van der Waals surface area (Å²) >= 11 is 0. The second kappa shape index (κ2) is 4.03. The lowest BCUT2D eigenvalue weighted by atomic mass is 11.0. The van der Waals surface area contributed by atoms with Gasteiger partial charge in [0.1, 0.15) is 0 Å². The smallest absolute Gasteiger partial charge is 0.189 e. The van der Waals surface area contributed by atoms with Gasteiger partial charge in [0.25, 0.3) is 0 Å². The van der Waals surface area contributed by atoms with Crippen LogP contribution in [0.3, 0.4) is 0 Å². The molecule has 0 amide bonds. The van der Waals surface area contributed by atoms with Crippen molar-refractivity contribution < 1.29 is 21.6 Å². The molecule has 1 aliphatic rings. The third-order valence-corrected chi connectivity index (χ3v) is 7.24. The molecule has 3 atom stereocenters. The van der Waals surface area contributed by atoms with Crippen LogP contribution in [0.1, 0.15) is 6.92 Å². The fourth-order valence-corrected chi connectivity index (χ4v) is 5.91. The maximum absolute atomic E-state index is 13.2. The van der Waals surface area contributed by atoms with E-state index in [1.807, 2.05) is 0 Å². The number of nitrogens with zero attached hydrogens (tertiary/aromatic N) is 3. The highest BCUT2D eigenvalue weighted by molar-refractivity contribution is 7.79. The summed E-state index contributed by atoms with van der Waals surface area (Å²) in [5.74, 6) is 0. The summed E-state index contributed by atoms with van der Waals surface area (Å²) in [5, 5.41) is 0. The molecule has 0 bridgehead atoms. The Morgan fingerprint density at radius 3 is 2.38 bits per heavy atom. The van der Waals surface area contributed by atoms with Crippen molar-refractivity contribution >= 4 is 24.6 Å². The van der Waals surface area contributed by atoms with Crippen molar-refractivity contribution in [1.82, 2.24) is 9.33 Å². The van der Waals surface area contributed by atoms with E-state index in [4.69, 9.17) is 0 Å². The predicted molar refractivity (Wildman–Crippen MR) is 42.9 cm³/mol. The Bertz CT molecular complexity index is 249. The lowest BCUT2D eigenvalue weighted by Gasteiger charge is -2.30. The van der Waals surface area contributed by atoms with Crippen LogP contribution in [0, 0.1) is 0 Å². The lowest BCUT2D eigenvalue weighted by Crippen LogP contribution is -2.12. The molecule has 11 heteroatoms. The molecule has 0 spiro atoms. The molecule has 1 heterocycles. The van der Waals surface area contributed by atoms with Crippen LogP contribution in [0.25, 0.3) is 0 Å². The summed E-state index contributed by atoms with van der Waals surface area (Å²) in [7, 11) is -11.3. The Kier molecular flexibility index (Phi) is 3.64. The topological polar surface area (TPSA) is 18.8 Å². The number of rotatable bonds is 1. The minimum absolute atomic E-state index is 0.469. The standard InChI is InChI=1S/C2H5F5N3P3/c1-2-13(7)8-11(5)9(3)12(6)10(13)4/h2H2,1H3. The molecule has 0 aliphatic carbocycles. The van der Waals surface area contributed by atoms with Gasteiger partial charge in [0.15, 0.2) is 0 Å². The van der Waals surface area contributed by atoms with Crippen molar-refractivity contribution in [3.63, 3.8) is 0 Å². The minimum atomic E-state index is -4.27. The molecule has 3 nitrogen and oxygen atoms in total. The molecule has 3 unspecified atom stereocenters. The predicted octanol–water partition coefficient (Wildman–Crippen LogP) is 4.79. The lowest BCUT2D eigenvalue weighted by molar-refractivity contribution is 0.188. The minimum Gasteiger partial charge on any atom is -0.189 e. The van der Waals surface area contributed by atoms with Crippen LogP contribution in [0.2, 0.25) is 0 Å². The second-order valence-electron chi connectivity index (χ2n) is 2.01. The molecule has 1 rings (SSSR count). The van der Waals surface area contributed by atoms with E-state index in [1.165, 1.54) is 6.92 Å². The molecule has 13 heavy (non-hydrogen) atoms. The van der Waals surface area contributed by atoms with Crippen LogP contribution in [-0.2, 0) is 0 Å². The van der Waals surface area contributed by atoms with Gasteiger partial charge in [-0.05, 0) is 9.33 Å². The zero-order valence-corrected chi connectivity index (χ0v) is 8.96. The fourth-order valence-electron chi connectivity index (χ4n) is 0.594. The van der Waals surface area contributed by atoms with Crippen LogP contribution < -0.4 is 0 Å². The maximum Gasteiger partial charge on any atom is 0.322 e. The van der Waals surface area contributed by atoms with Gasteiger partial charge >= 0.3 is 17.1 Å². The fraction of sp³-hybridized carbons (Fsp3) is 1.00. The first-order valence-electron chi connectivity index (χ1n) is 3.07. The van der Waals surface area contributed by atoms with Gasteiger partial charge in [-0.1, -0.05) is 6.92 Å². The van der Waals surface area contributed by atoms with Gasteiger partial charge in [0.05, 0.1) is 0 Å². The maximum atomic E-state index is 13.2. The molecule has 0 aromatic carbocycles. The van der Waals surface area contributed by atoms with E-state index in [2.05, 4.69) is 4.52 Å². The van der Waals surface area contributed by atoms with E-state index in [1.54, 1.807) is 0 Å². The van der Waals surface area contributed by atoms with E-state index in [9.17, 15) is 21.6 Å². The van der Waals surface area contributed by atoms with Gasteiger partial charge in [-0.15, -0.1) is 8.96 Å². The second-order valence-corrected chi connectivity index (χ2v) is 7.64. The summed E-state index contributed by atoms with van der Waals surface area (Å²) in [6, 6.07) is 0. The van der Waals surface area contributed by atoms with E-state index in [0.717, 1.165) is 0 Å². The molecular weight excluding hydrogens is 254 g/mol. The van der Waals surface area contributed by atoms with Crippen molar-refractivity contribution in [2.24, 2.45) is 4.52 Å². The van der Waals surface area contributed by atoms with E-state index < -0.39 is 40.1 Å². The van der Waals surface area contributed by atoms with E-state index >= 15 is 0 Å². The van der Waals surface area contributed by atoms with Crippen molar-refractivity contribution in [2.75, 3.05) is 6.16 Å². The van der Waals surface area contributed by atoms with Gasteiger partial charge < -0.3 is 0 Å².